The lowest BCUT2D eigenvalue weighted by atomic mass is 10.2. The Bertz CT molecular complexity index is 674. The van der Waals surface area contributed by atoms with Gasteiger partial charge in [-0.25, -0.2) is 0 Å². The standard InChI is InChI=1S/C15H20N4O3/c1-17(2)15(21)14-4-3-13(22-14)9-18-5-6-19-12(8-18)7-11(10-20)16-19/h3-4,7,20H,5-6,8-10H2,1-2H3. The number of aliphatic hydroxyl groups is 1. The highest BCUT2D eigenvalue weighted by Gasteiger charge is 2.20. The van der Waals surface area contributed by atoms with Gasteiger partial charge in [0.2, 0.25) is 0 Å². The fourth-order valence-electron chi connectivity index (χ4n) is 2.61. The molecule has 0 radical (unpaired) electrons. The van der Waals surface area contributed by atoms with Gasteiger partial charge in [0, 0.05) is 27.2 Å². The van der Waals surface area contributed by atoms with Crippen LogP contribution in [0.2, 0.25) is 0 Å². The third-order valence-corrected chi connectivity index (χ3v) is 3.75. The number of rotatable bonds is 4. The van der Waals surface area contributed by atoms with Gasteiger partial charge in [0.05, 0.1) is 31.1 Å². The Kier molecular flexibility index (Phi) is 4.00. The van der Waals surface area contributed by atoms with Crippen molar-refractivity contribution in [3.8, 4) is 0 Å². The van der Waals surface area contributed by atoms with Crippen molar-refractivity contribution in [3.63, 3.8) is 0 Å². The smallest absolute Gasteiger partial charge is 0.289 e. The second kappa shape index (κ2) is 5.94. The molecule has 1 N–H and O–H groups in total. The minimum absolute atomic E-state index is 0.0335. The van der Waals surface area contributed by atoms with E-state index in [0.29, 0.717) is 18.0 Å². The minimum Gasteiger partial charge on any atom is -0.455 e. The van der Waals surface area contributed by atoms with E-state index in [1.807, 2.05) is 16.8 Å². The Morgan fingerprint density at radius 1 is 1.41 bits per heavy atom. The van der Waals surface area contributed by atoms with Crippen molar-refractivity contribution in [1.29, 1.82) is 0 Å². The molecule has 1 aliphatic rings. The summed E-state index contributed by atoms with van der Waals surface area (Å²) in [4.78, 5) is 15.6. The molecular formula is C15H20N4O3. The first-order valence-electron chi connectivity index (χ1n) is 7.26. The SMILES string of the molecule is CN(C)C(=O)c1ccc(CN2CCn3nc(CO)cc3C2)o1. The summed E-state index contributed by atoms with van der Waals surface area (Å²) in [5.41, 5.74) is 1.79. The van der Waals surface area contributed by atoms with E-state index in [1.165, 1.54) is 4.90 Å². The summed E-state index contributed by atoms with van der Waals surface area (Å²) in [6, 6.07) is 5.49. The van der Waals surface area contributed by atoms with Gasteiger partial charge in [0.1, 0.15) is 5.76 Å². The molecule has 0 atom stereocenters. The van der Waals surface area contributed by atoms with Crippen LogP contribution in [0.5, 0.6) is 0 Å². The van der Waals surface area contributed by atoms with Crippen LogP contribution in [0.1, 0.15) is 27.7 Å². The number of hydrogen-bond acceptors (Lipinski definition) is 5. The maximum atomic E-state index is 11.8. The van der Waals surface area contributed by atoms with Crippen LogP contribution in [0.3, 0.4) is 0 Å². The molecule has 0 saturated heterocycles. The first kappa shape index (κ1) is 14.8. The number of aliphatic hydroxyl groups excluding tert-OH is 1. The van der Waals surface area contributed by atoms with Gasteiger partial charge in [-0.3, -0.25) is 14.4 Å². The number of carbonyl (C=O) groups excluding carboxylic acids is 1. The lowest BCUT2D eigenvalue weighted by Gasteiger charge is -2.26. The average molecular weight is 304 g/mol. The number of furan rings is 1. The number of aromatic nitrogens is 2. The highest BCUT2D eigenvalue weighted by molar-refractivity contribution is 5.91. The average Bonchev–Trinajstić information content (AvgIpc) is 3.12. The van der Waals surface area contributed by atoms with E-state index in [-0.39, 0.29) is 12.5 Å². The predicted octanol–water partition coefficient (Wildman–Crippen LogP) is 0.686. The molecule has 0 aliphatic carbocycles. The van der Waals surface area contributed by atoms with Crippen LogP contribution in [0.25, 0.3) is 0 Å². The highest BCUT2D eigenvalue weighted by Crippen LogP contribution is 2.18. The van der Waals surface area contributed by atoms with Crippen LogP contribution < -0.4 is 0 Å². The monoisotopic (exact) mass is 304 g/mol. The molecular weight excluding hydrogens is 284 g/mol. The fourth-order valence-corrected chi connectivity index (χ4v) is 2.61. The molecule has 0 spiro atoms. The van der Waals surface area contributed by atoms with Crippen LogP contribution in [0.15, 0.2) is 22.6 Å². The summed E-state index contributed by atoms with van der Waals surface area (Å²) in [5.74, 6) is 1.01. The lowest BCUT2D eigenvalue weighted by Crippen LogP contribution is -2.33. The summed E-state index contributed by atoms with van der Waals surface area (Å²) < 4.78 is 7.56. The van der Waals surface area contributed by atoms with E-state index in [9.17, 15) is 4.79 Å². The van der Waals surface area contributed by atoms with Crippen LogP contribution in [0, 0.1) is 0 Å². The van der Waals surface area contributed by atoms with Crippen molar-refractivity contribution in [2.45, 2.75) is 26.2 Å². The van der Waals surface area contributed by atoms with E-state index < -0.39 is 0 Å². The molecule has 2 aromatic heterocycles. The molecule has 3 rings (SSSR count). The summed E-state index contributed by atoms with van der Waals surface area (Å²) in [6.45, 7) is 3.02. The van der Waals surface area contributed by atoms with Gasteiger partial charge in [0.25, 0.3) is 5.91 Å². The van der Waals surface area contributed by atoms with Crippen LogP contribution in [0.4, 0.5) is 0 Å². The van der Waals surface area contributed by atoms with Gasteiger partial charge in [-0.15, -0.1) is 0 Å². The molecule has 1 aliphatic heterocycles. The molecule has 7 heteroatoms. The first-order valence-corrected chi connectivity index (χ1v) is 7.26. The van der Waals surface area contributed by atoms with E-state index in [0.717, 1.165) is 31.1 Å². The molecule has 0 aromatic carbocycles. The van der Waals surface area contributed by atoms with Crippen molar-refractivity contribution >= 4 is 5.91 Å². The van der Waals surface area contributed by atoms with Gasteiger partial charge < -0.3 is 14.4 Å². The summed E-state index contributed by atoms with van der Waals surface area (Å²) in [7, 11) is 3.41. The third-order valence-electron chi connectivity index (χ3n) is 3.75. The van der Waals surface area contributed by atoms with Gasteiger partial charge in [-0.05, 0) is 18.2 Å². The van der Waals surface area contributed by atoms with E-state index in [4.69, 9.17) is 9.52 Å². The Hall–Kier alpha value is -2.12. The van der Waals surface area contributed by atoms with Gasteiger partial charge >= 0.3 is 0 Å². The van der Waals surface area contributed by atoms with Crippen molar-refractivity contribution in [1.82, 2.24) is 19.6 Å². The fraction of sp³-hybridized carbons (Fsp3) is 0.467. The number of nitrogens with zero attached hydrogens (tertiary/aromatic N) is 4. The van der Waals surface area contributed by atoms with E-state index >= 15 is 0 Å². The number of amides is 1. The molecule has 1 amide bonds. The Morgan fingerprint density at radius 2 is 2.23 bits per heavy atom. The van der Waals surface area contributed by atoms with Crippen LogP contribution >= 0.6 is 0 Å². The van der Waals surface area contributed by atoms with Crippen molar-refractivity contribution in [2.24, 2.45) is 0 Å². The maximum Gasteiger partial charge on any atom is 0.289 e. The molecule has 2 aromatic rings. The number of fused-ring (bicyclic) bond motifs is 1. The van der Waals surface area contributed by atoms with Crippen molar-refractivity contribution < 1.29 is 14.3 Å². The second-order valence-electron chi connectivity index (χ2n) is 5.68. The van der Waals surface area contributed by atoms with Crippen molar-refractivity contribution in [2.75, 3.05) is 20.6 Å². The van der Waals surface area contributed by atoms with Gasteiger partial charge in [-0.1, -0.05) is 0 Å². The lowest BCUT2D eigenvalue weighted by molar-refractivity contribution is 0.0791. The zero-order valence-electron chi connectivity index (χ0n) is 12.8. The third kappa shape index (κ3) is 2.90. The van der Waals surface area contributed by atoms with Crippen molar-refractivity contribution in [3.05, 3.63) is 41.1 Å². The molecule has 0 unspecified atom stereocenters. The molecule has 118 valence electrons. The normalized spacial score (nSPS) is 14.9. The topological polar surface area (TPSA) is 74.7 Å². The predicted molar refractivity (Wildman–Crippen MR) is 79.0 cm³/mol. The molecule has 7 nitrogen and oxygen atoms in total. The summed E-state index contributed by atoms with van der Waals surface area (Å²) in [5, 5.41) is 13.5. The van der Waals surface area contributed by atoms with E-state index in [2.05, 4.69) is 10.00 Å². The maximum absolute atomic E-state index is 11.8. The summed E-state index contributed by atoms with van der Waals surface area (Å²) in [6.07, 6.45) is 0. The van der Waals surface area contributed by atoms with Gasteiger partial charge in [-0.2, -0.15) is 5.10 Å². The molecule has 0 fully saturated rings. The quantitative estimate of drug-likeness (QED) is 0.899. The van der Waals surface area contributed by atoms with E-state index in [1.54, 1.807) is 20.2 Å². The zero-order valence-corrected chi connectivity index (χ0v) is 12.8. The zero-order chi connectivity index (χ0) is 15.7. The number of hydrogen-bond donors (Lipinski definition) is 1. The molecule has 22 heavy (non-hydrogen) atoms. The Balaban J connectivity index is 1.66. The molecule has 3 heterocycles. The Labute approximate surface area is 128 Å². The molecule has 0 bridgehead atoms. The second-order valence-corrected chi connectivity index (χ2v) is 5.68. The van der Waals surface area contributed by atoms with Gasteiger partial charge in [0.15, 0.2) is 5.76 Å². The number of carbonyl (C=O) groups is 1. The Morgan fingerprint density at radius 3 is 2.95 bits per heavy atom. The highest BCUT2D eigenvalue weighted by atomic mass is 16.4. The summed E-state index contributed by atoms with van der Waals surface area (Å²) >= 11 is 0. The van der Waals surface area contributed by atoms with Crippen LogP contribution in [-0.2, 0) is 26.2 Å². The van der Waals surface area contributed by atoms with Crippen LogP contribution in [-0.4, -0.2) is 51.2 Å². The minimum atomic E-state index is -0.129. The first-order chi connectivity index (χ1) is 10.6. The largest absolute Gasteiger partial charge is 0.455 e. The molecule has 0 saturated carbocycles.